The lowest BCUT2D eigenvalue weighted by molar-refractivity contribution is -0.158. The summed E-state index contributed by atoms with van der Waals surface area (Å²) < 4.78 is 5.87. The Morgan fingerprint density at radius 1 is 1.27 bits per heavy atom. The Morgan fingerprint density at radius 2 is 2.00 bits per heavy atom. The van der Waals surface area contributed by atoms with Crippen LogP contribution in [0.1, 0.15) is 85.5 Å². The van der Waals surface area contributed by atoms with E-state index < -0.39 is 24.0 Å². The number of hydrogen-bond donors (Lipinski definition) is 2. The number of aliphatic hydroxyl groups excluding tert-OH is 2. The number of carbonyl (C=O) groups is 2. The number of carbonyl (C=O) groups excluding carboxylic acids is 2. The van der Waals surface area contributed by atoms with Gasteiger partial charge in [0.2, 0.25) is 0 Å². The molecule has 2 N–H and O–H groups in total. The molecule has 0 spiro atoms. The second-order valence-corrected chi connectivity index (χ2v) is 9.93. The van der Waals surface area contributed by atoms with E-state index in [1.807, 2.05) is 0 Å². The monoisotopic (exact) mass is 422 g/mol. The van der Waals surface area contributed by atoms with Crippen molar-refractivity contribution >= 4 is 11.8 Å². The molecule has 0 radical (unpaired) electrons. The molecular formula is C25H42O5. The first-order valence-corrected chi connectivity index (χ1v) is 12.0. The number of unbranched alkanes of at least 4 members (excludes halogenated alkanes) is 2. The van der Waals surface area contributed by atoms with Crippen LogP contribution in [-0.2, 0) is 14.3 Å². The molecule has 0 aromatic heterocycles. The van der Waals surface area contributed by atoms with Crippen LogP contribution in [0.2, 0.25) is 0 Å². The number of ketones is 1. The molecule has 0 heterocycles. The molecule has 0 unspecified atom stereocenters. The second kappa shape index (κ2) is 12.0. The summed E-state index contributed by atoms with van der Waals surface area (Å²) in [5, 5.41) is 20.5. The summed E-state index contributed by atoms with van der Waals surface area (Å²) in [6.45, 7) is 8.65. The largest absolute Gasteiger partial charge is 0.462 e. The van der Waals surface area contributed by atoms with E-state index in [0.717, 1.165) is 38.5 Å². The second-order valence-electron chi connectivity index (χ2n) is 9.93. The van der Waals surface area contributed by atoms with E-state index in [-0.39, 0.29) is 30.7 Å². The van der Waals surface area contributed by atoms with Crippen molar-refractivity contribution in [2.75, 3.05) is 0 Å². The van der Waals surface area contributed by atoms with Gasteiger partial charge in [-0.25, -0.2) is 0 Å². The van der Waals surface area contributed by atoms with Crippen LogP contribution in [0.5, 0.6) is 0 Å². The first kappa shape index (κ1) is 25.1. The highest BCUT2D eigenvalue weighted by molar-refractivity contribution is 5.88. The molecule has 2 saturated carbocycles. The summed E-state index contributed by atoms with van der Waals surface area (Å²) in [4.78, 5) is 25.2. The van der Waals surface area contributed by atoms with Crippen LogP contribution in [0.15, 0.2) is 12.2 Å². The highest BCUT2D eigenvalue weighted by atomic mass is 16.5. The predicted octanol–water partition coefficient (Wildman–Crippen LogP) is 4.44. The van der Waals surface area contributed by atoms with E-state index >= 15 is 0 Å². The van der Waals surface area contributed by atoms with Gasteiger partial charge < -0.3 is 14.9 Å². The highest BCUT2D eigenvalue weighted by Gasteiger charge is 2.42. The van der Waals surface area contributed by atoms with Crippen molar-refractivity contribution in [3.63, 3.8) is 0 Å². The number of esters is 1. The molecule has 0 amide bonds. The van der Waals surface area contributed by atoms with Crippen molar-refractivity contribution in [3.8, 4) is 0 Å². The Morgan fingerprint density at radius 3 is 2.67 bits per heavy atom. The van der Waals surface area contributed by atoms with Crippen LogP contribution < -0.4 is 0 Å². The molecule has 2 fully saturated rings. The van der Waals surface area contributed by atoms with Crippen molar-refractivity contribution in [1.29, 1.82) is 0 Å². The van der Waals surface area contributed by atoms with E-state index in [2.05, 4.69) is 27.7 Å². The third-order valence-electron chi connectivity index (χ3n) is 7.02. The molecule has 7 atom stereocenters. The summed E-state index contributed by atoms with van der Waals surface area (Å²) in [5.74, 6) is -0.0695. The summed E-state index contributed by atoms with van der Waals surface area (Å²) >= 11 is 0. The molecule has 5 heteroatoms. The van der Waals surface area contributed by atoms with Gasteiger partial charge in [0, 0.05) is 18.3 Å². The maximum absolute atomic E-state index is 12.7. The van der Waals surface area contributed by atoms with Gasteiger partial charge in [0.05, 0.1) is 18.6 Å². The molecule has 172 valence electrons. The van der Waals surface area contributed by atoms with Crippen LogP contribution in [0, 0.1) is 29.6 Å². The SMILES string of the molecule is CCCCC[C@H](O)/C=C/[C@H]1[C@H](O)CC(=O)[C@@H]1CC(=O)O[C@@H]1C[C@H](C)CC[C@H]1C(C)C. The zero-order valence-corrected chi connectivity index (χ0v) is 19.3. The first-order valence-electron chi connectivity index (χ1n) is 12.0. The highest BCUT2D eigenvalue weighted by Crippen LogP contribution is 2.37. The molecule has 0 bridgehead atoms. The summed E-state index contributed by atoms with van der Waals surface area (Å²) in [5.41, 5.74) is 0. The number of rotatable bonds is 10. The molecule has 0 saturated heterocycles. The van der Waals surface area contributed by atoms with Gasteiger partial charge in [-0.3, -0.25) is 9.59 Å². The Balaban J connectivity index is 1.96. The van der Waals surface area contributed by atoms with Crippen LogP contribution in [0.4, 0.5) is 0 Å². The molecule has 2 rings (SSSR count). The first-order chi connectivity index (χ1) is 14.2. The maximum atomic E-state index is 12.7. The van der Waals surface area contributed by atoms with Crippen molar-refractivity contribution in [2.45, 2.75) is 104 Å². The fraction of sp³-hybridized carbons (Fsp3) is 0.840. The zero-order chi connectivity index (χ0) is 22.3. The van der Waals surface area contributed by atoms with Crippen molar-refractivity contribution in [3.05, 3.63) is 12.2 Å². The molecule has 0 aromatic rings. The number of hydrogen-bond acceptors (Lipinski definition) is 5. The van der Waals surface area contributed by atoms with E-state index in [1.54, 1.807) is 12.2 Å². The standard InChI is InChI=1S/C25H42O5/c1-5-6-7-8-18(26)10-12-20-21(23(28)15-22(20)27)14-25(29)30-24-13-17(4)9-11-19(24)16(2)3/h10,12,16-22,24,26-27H,5-9,11,13-15H2,1-4H3/b12-10+/t17-,18+,19+,20-,21-,22-,24-/m1/s1. The quantitative estimate of drug-likeness (QED) is 0.309. The Kier molecular flexibility index (Phi) is 10.0. The van der Waals surface area contributed by atoms with Gasteiger partial charge >= 0.3 is 5.97 Å². The Hall–Kier alpha value is -1.20. The van der Waals surface area contributed by atoms with Gasteiger partial charge in [-0.05, 0) is 37.0 Å². The minimum atomic E-state index is -0.799. The van der Waals surface area contributed by atoms with E-state index in [4.69, 9.17) is 4.74 Å². The summed E-state index contributed by atoms with van der Waals surface area (Å²) in [6.07, 6.45) is 8.91. The summed E-state index contributed by atoms with van der Waals surface area (Å²) in [6, 6.07) is 0. The van der Waals surface area contributed by atoms with E-state index in [0.29, 0.717) is 24.2 Å². The third kappa shape index (κ3) is 7.19. The summed E-state index contributed by atoms with van der Waals surface area (Å²) in [7, 11) is 0. The van der Waals surface area contributed by atoms with Gasteiger partial charge in [0.15, 0.2) is 0 Å². The molecule has 5 nitrogen and oxygen atoms in total. The van der Waals surface area contributed by atoms with E-state index in [1.165, 1.54) is 0 Å². The number of aliphatic hydroxyl groups is 2. The van der Waals surface area contributed by atoms with Crippen LogP contribution >= 0.6 is 0 Å². The lowest BCUT2D eigenvalue weighted by Crippen LogP contribution is -2.36. The van der Waals surface area contributed by atoms with Gasteiger partial charge in [-0.2, -0.15) is 0 Å². The normalized spacial score (nSPS) is 33.4. The smallest absolute Gasteiger partial charge is 0.306 e. The average molecular weight is 423 g/mol. The Labute approximate surface area is 182 Å². The van der Waals surface area contributed by atoms with Crippen molar-refractivity contribution in [1.82, 2.24) is 0 Å². The maximum Gasteiger partial charge on any atom is 0.306 e. The van der Waals surface area contributed by atoms with Gasteiger partial charge in [0.1, 0.15) is 11.9 Å². The van der Waals surface area contributed by atoms with Gasteiger partial charge in [-0.1, -0.05) is 65.5 Å². The minimum Gasteiger partial charge on any atom is -0.462 e. The van der Waals surface area contributed by atoms with Gasteiger partial charge in [-0.15, -0.1) is 0 Å². The molecule has 2 aliphatic rings. The zero-order valence-electron chi connectivity index (χ0n) is 19.3. The lowest BCUT2D eigenvalue weighted by atomic mass is 9.75. The topological polar surface area (TPSA) is 83.8 Å². The minimum absolute atomic E-state index is 0.00647. The van der Waals surface area contributed by atoms with E-state index in [9.17, 15) is 19.8 Å². The average Bonchev–Trinajstić information content (AvgIpc) is 2.92. The fourth-order valence-electron chi connectivity index (χ4n) is 5.09. The fourth-order valence-corrected chi connectivity index (χ4v) is 5.09. The Bertz CT molecular complexity index is 584. The molecule has 30 heavy (non-hydrogen) atoms. The lowest BCUT2D eigenvalue weighted by Gasteiger charge is -2.36. The van der Waals surface area contributed by atoms with Gasteiger partial charge in [0.25, 0.3) is 0 Å². The third-order valence-corrected chi connectivity index (χ3v) is 7.02. The molecule has 0 aromatic carbocycles. The molecular weight excluding hydrogens is 380 g/mol. The number of ether oxygens (including phenoxy) is 1. The molecule has 0 aliphatic heterocycles. The molecule has 2 aliphatic carbocycles. The van der Waals surface area contributed by atoms with Crippen LogP contribution in [0.25, 0.3) is 0 Å². The van der Waals surface area contributed by atoms with Crippen LogP contribution in [-0.4, -0.2) is 40.3 Å². The van der Waals surface area contributed by atoms with Crippen molar-refractivity contribution < 1.29 is 24.5 Å². The predicted molar refractivity (Wildman–Crippen MR) is 118 cm³/mol. The number of Topliss-reactive ketones (excluding diaryl/α,β-unsaturated/α-hetero) is 1. The van der Waals surface area contributed by atoms with Crippen LogP contribution in [0.3, 0.4) is 0 Å². The van der Waals surface area contributed by atoms with Crippen molar-refractivity contribution in [2.24, 2.45) is 29.6 Å².